The third-order valence-electron chi connectivity index (χ3n) is 2.78. The normalized spacial score (nSPS) is 14.9. The van der Waals surface area contributed by atoms with Crippen molar-refractivity contribution in [3.05, 3.63) is 35.9 Å². The molecule has 0 unspecified atom stereocenters. The first-order chi connectivity index (χ1) is 8.22. The molecule has 1 saturated carbocycles. The molecule has 1 aromatic rings. The molecule has 0 amide bonds. The summed E-state index contributed by atoms with van der Waals surface area (Å²) >= 11 is 0. The summed E-state index contributed by atoms with van der Waals surface area (Å²) in [7, 11) is 3.14. The van der Waals surface area contributed by atoms with E-state index in [1.54, 1.807) is 38.5 Å². The molecule has 1 fully saturated rings. The molecule has 3 heteroatoms. The quantitative estimate of drug-likeness (QED) is 0.578. The van der Waals surface area contributed by atoms with E-state index in [2.05, 4.69) is 0 Å². The first-order valence-corrected chi connectivity index (χ1v) is 5.68. The Bertz CT molecular complexity index is 423. The number of carbonyl (C=O) groups excluding carboxylic acids is 1. The van der Waals surface area contributed by atoms with E-state index in [1.807, 2.05) is 6.08 Å². The summed E-state index contributed by atoms with van der Waals surface area (Å²) in [5.74, 6) is 1.86. The molecule has 0 heterocycles. The summed E-state index contributed by atoms with van der Waals surface area (Å²) in [5, 5.41) is 0. The van der Waals surface area contributed by atoms with Gasteiger partial charge in [-0.1, -0.05) is 6.08 Å². The highest BCUT2D eigenvalue weighted by Gasteiger charge is 2.18. The fraction of sp³-hybridized carbons (Fsp3) is 0.357. The van der Waals surface area contributed by atoms with Crippen molar-refractivity contribution in [1.29, 1.82) is 0 Å². The summed E-state index contributed by atoms with van der Waals surface area (Å²) in [6.07, 6.45) is 6.02. The summed E-state index contributed by atoms with van der Waals surface area (Å²) < 4.78 is 10.3. The number of hydrogen-bond donors (Lipinski definition) is 0. The smallest absolute Gasteiger partial charge is 0.185 e. The molecule has 1 aliphatic carbocycles. The standard InChI is InChI=1S/C14H16O3/c1-16-12-7-11(8-13(9-12)17-2)14(15)6-5-10-3-4-10/h5-10H,3-4H2,1-2H3. The number of hydrogen-bond acceptors (Lipinski definition) is 3. The number of ketones is 1. The van der Waals surface area contributed by atoms with Gasteiger partial charge in [0.25, 0.3) is 0 Å². The van der Waals surface area contributed by atoms with Gasteiger partial charge in [-0.25, -0.2) is 0 Å². The van der Waals surface area contributed by atoms with Gasteiger partial charge in [-0.2, -0.15) is 0 Å². The molecule has 0 saturated heterocycles. The number of benzene rings is 1. The van der Waals surface area contributed by atoms with Crippen molar-refractivity contribution in [2.24, 2.45) is 5.92 Å². The van der Waals surface area contributed by atoms with Crippen LogP contribution in [0.25, 0.3) is 0 Å². The van der Waals surface area contributed by atoms with E-state index in [0.717, 1.165) is 0 Å². The first kappa shape index (κ1) is 11.7. The van der Waals surface area contributed by atoms with Crippen LogP contribution in [0.2, 0.25) is 0 Å². The molecule has 0 radical (unpaired) electrons. The number of allylic oxidation sites excluding steroid dienone is 2. The van der Waals surface area contributed by atoms with Gasteiger partial charge in [-0.05, 0) is 37.0 Å². The van der Waals surface area contributed by atoms with E-state index < -0.39 is 0 Å². The molecule has 1 aromatic carbocycles. The van der Waals surface area contributed by atoms with Gasteiger partial charge in [-0.15, -0.1) is 0 Å². The average Bonchev–Trinajstić information content (AvgIpc) is 3.19. The zero-order valence-corrected chi connectivity index (χ0v) is 10.1. The van der Waals surface area contributed by atoms with E-state index in [0.29, 0.717) is 23.0 Å². The number of rotatable bonds is 5. The molecule has 0 aromatic heterocycles. The van der Waals surface area contributed by atoms with Crippen molar-refractivity contribution in [1.82, 2.24) is 0 Å². The van der Waals surface area contributed by atoms with Crippen molar-refractivity contribution in [2.45, 2.75) is 12.8 Å². The Hall–Kier alpha value is -1.77. The highest BCUT2D eigenvalue weighted by molar-refractivity contribution is 6.05. The predicted octanol–water partition coefficient (Wildman–Crippen LogP) is 2.85. The summed E-state index contributed by atoms with van der Waals surface area (Å²) in [6, 6.07) is 5.20. The zero-order valence-electron chi connectivity index (χ0n) is 10.1. The maximum atomic E-state index is 11.9. The van der Waals surface area contributed by atoms with Crippen molar-refractivity contribution >= 4 is 5.78 Å². The Morgan fingerprint density at radius 1 is 1.18 bits per heavy atom. The van der Waals surface area contributed by atoms with E-state index in [-0.39, 0.29) is 5.78 Å². The topological polar surface area (TPSA) is 35.5 Å². The van der Waals surface area contributed by atoms with Gasteiger partial charge < -0.3 is 9.47 Å². The Morgan fingerprint density at radius 3 is 2.24 bits per heavy atom. The van der Waals surface area contributed by atoms with Crippen LogP contribution in [-0.4, -0.2) is 20.0 Å². The van der Waals surface area contributed by atoms with Crippen LogP contribution in [0.1, 0.15) is 23.2 Å². The lowest BCUT2D eigenvalue weighted by Crippen LogP contribution is -1.97. The zero-order chi connectivity index (χ0) is 12.3. The van der Waals surface area contributed by atoms with Crippen molar-refractivity contribution < 1.29 is 14.3 Å². The van der Waals surface area contributed by atoms with Gasteiger partial charge in [0.15, 0.2) is 5.78 Å². The lowest BCUT2D eigenvalue weighted by atomic mass is 10.1. The molecule has 0 spiro atoms. The predicted molar refractivity (Wildman–Crippen MR) is 65.7 cm³/mol. The minimum atomic E-state index is -0.00546. The van der Waals surface area contributed by atoms with Crippen LogP contribution in [0.15, 0.2) is 30.4 Å². The second-order valence-corrected chi connectivity index (χ2v) is 4.16. The average molecular weight is 232 g/mol. The highest BCUT2D eigenvalue weighted by Crippen LogP contribution is 2.30. The van der Waals surface area contributed by atoms with Crippen LogP contribution in [0.5, 0.6) is 11.5 Å². The van der Waals surface area contributed by atoms with E-state index >= 15 is 0 Å². The molecule has 0 atom stereocenters. The van der Waals surface area contributed by atoms with Gasteiger partial charge in [0, 0.05) is 11.6 Å². The lowest BCUT2D eigenvalue weighted by Gasteiger charge is -2.06. The van der Waals surface area contributed by atoms with Crippen LogP contribution >= 0.6 is 0 Å². The number of ether oxygens (including phenoxy) is 2. The van der Waals surface area contributed by atoms with Gasteiger partial charge in [-0.3, -0.25) is 4.79 Å². The molecule has 17 heavy (non-hydrogen) atoms. The van der Waals surface area contributed by atoms with Gasteiger partial charge in [0.1, 0.15) is 11.5 Å². The molecular weight excluding hydrogens is 216 g/mol. The number of methoxy groups -OCH3 is 2. The largest absolute Gasteiger partial charge is 0.497 e. The maximum Gasteiger partial charge on any atom is 0.185 e. The molecule has 0 bridgehead atoms. The molecular formula is C14H16O3. The Balaban J connectivity index is 2.20. The Kier molecular flexibility index (Phi) is 3.47. The van der Waals surface area contributed by atoms with Crippen LogP contribution in [-0.2, 0) is 0 Å². The molecule has 0 aliphatic heterocycles. The Morgan fingerprint density at radius 2 is 1.76 bits per heavy atom. The van der Waals surface area contributed by atoms with Gasteiger partial charge >= 0.3 is 0 Å². The second kappa shape index (κ2) is 5.04. The molecule has 0 N–H and O–H groups in total. The van der Waals surface area contributed by atoms with Crippen molar-refractivity contribution in [3.8, 4) is 11.5 Å². The van der Waals surface area contributed by atoms with Crippen LogP contribution in [0.4, 0.5) is 0 Å². The Labute approximate surface area is 101 Å². The third-order valence-corrected chi connectivity index (χ3v) is 2.78. The van der Waals surface area contributed by atoms with Crippen LogP contribution in [0.3, 0.4) is 0 Å². The number of carbonyl (C=O) groups is 1. The third kappa shape index (κ3) is 3.09. The van der Waals surface area contributed by atoms with E-state index in [1.165, 1.54) is 12.8 Å². The molecule has 2 rings (SSSR count). The van der Waals surface area contributed by atoms with Crippen molar-refractivity contribution in [3.63, 3.8) is 0 Å². The summed E-state index contributed by atoms with van der Waals surface area (Å²) in [4.78, 5) is 11.9. The fourth-order valence-corrected chi connectivity index (χ4v) is 1.56. The van der Waals surface area contributed by atoms with E-state index in [9.17, 15) is 4.79 Å². The minimum absolute atomic E-state index is 0.00546. The van der Waals surface area contributed by atoms with E-state index in [4.69, 9.17) is 9.47 Å². The summed E-state index contributed by atoms with van der Waals surface area (Å²) in [6.45, 7) is 0. The molecule has 3 nitrogen and oxygen atoms in total. The SMILES string of the molecule is COc1cc(OC)cc(C(=O)C=CC2CC2)c1. The van der Waals surface area contributed by atoms with Crippen molar-refractivity contribution in [2.75, 3.05) is 14.2 Å². The monoisotopic (exact) mass is 232 g/mol. The summed E-state index contributed by atoms with van der Waals surface area (Å²) in [5.41, 5.74) is 0.595. The maximum absolute atomic E-state index is 11.9. The minimum Gasteiger partial charge on any atom is -0.497 e. The van der Waals surface area contributed by atoms with Gasteiger partial charge in [0.2, 0.25) is 0 Å². The van der Waals surface area contributed by atoms with Crippen LogP contribution < -0.4 is 9.47 Å². The molecule has 1 aliphatic rings. The lowest BCUT2D eigenvalue weighted by molar-refractivity contribution is 0.104. The fourth-order valence-electron chi connectivity index (χ4n) is 1.56. The van der Waals surface area contributed by atoms with Gasteiger partial charge in [0.05, 0.1) is 14.2 Å². The highest BCUT2D eigenvalue weighted by atomic mass is 16.5. The van der Waals surface area contributed by atoms with Crippen LogP contribution in [0, 0.1) is 5.92 Å². The molecule has 90 valence electrons. The second-order valence-electron chi connectivity index (χ2n) is 4.16. The first-order valence-electron chi connectivity index (χ1n) is 5.68.